The fourth-order valence-corrected chi connectivity index (χ4v) is 1.37. The van der Waals surface area contributed by atoms with E-state index in [0.717, 1.165) is 0 Å². The molecule has 1 aromatic heterocycles. The number of nitrogens with one attached hydrogen (secondary N) is 3. The lowest BCUT2D eigenvalue weighted by molar-refractivity contribution is -0.144. The molecule has 3 N–H and O–H groups in total. The van der Waals surface area contributed by atoms with Crippen LogP contribution in [0.1, 0.15) is 5.82 Å². The fraction of sp³-hybridized carbons (Fsp3) is 0.625. The molecule has 1 amide bonds. The first-order chi connectivity index (χ1) is 8.47. The van der Waals surface area contributed by atoms with Crippen molar-refractivity contribution in [3.05, 3.63) is 5.82 Å². The van der Waals surface area contributed by atoms with Crippen LogP contribution in [0.4, 0.5) is 19.1 Å². The van der Waals surface area contributed by atoms with Gasteiger partial charge in [0.05, 0.1) is 6.61 Å². The van der Waals surface area contributed by atoms with Gasteiger partial charge in [-0.25, -0.2) is 0 Å². The van der Waals surface area contributed by atoms with Gasteiger partial charge in [0.2, 0.25) is 11.8 Å². The molecule has 1 aromatic rings. The lowest BCUT2D eigenvalue weighted by Crippen LogP contribution is -2.45. The number of anilines is 1. The predicted octanol–water partition coefficient (Wildman–Crippen LogP) is 0.172. The van der Waals surface area contributed by atoms with E-state index < -0.39 is 30.0 Å². The van der Waals surface area contributed by atoms with Crippen LogP contribution >= 0.6 is 12.4 Å². The van der Waals surface area contributed by atoms with E-state index in [1.54, 1.807) is 5.10 Å². The van der Waals surface area contributed by atoms with Gasteiger partial charge in [0.15, 0.2) is 0 Å². The fourth-order valence-electron chi connectivity index (χ4n) is 1.37. The second-order valence-electron chi connectivity index (χ2n) is 3.56. The summed E-state index contributed by atoms with van der Waals surface area (Å²) in [5, 5.41) is 10.0. The summed E-state index contributed by atoms with van der Waals surface area (Å²) >= 11 is 0. The Hall–Kier alpha value is -1.39. The number of carbonyl (C=O) groups is 1. The smallest absolute Gasteiger partial charge is 0.366 e. The molecule has 0 spiro atoms. The summed E-state index contributed by atoms with van der Waals surface area (Å²) in [6, 6.07) is 0. The van der Waals surface area contributed by atoms with Crippen LogP contribution in [0.25, 0.3) is 0 Å². The van der Waals surface area contributed by atoms with Crippen molar-refractivity contribution in [1.29, 1.82) is 0 Å². The Morgan fingerprint density at radius 3 is 2.74 bits per heavy atom. The summed E-state index contributed by atoms with van der Waals surface area (Å²) in [7, 11) is 0. The van der Waals surface area contributed by atoms with Gasteiger partial charge >= 0.3 is 6.18 Å². The van der Waals surface area contributed by atoms with Crippen LogP contribution in [-0.4, -0.2) is 46.9 Å². The first kappa shape index (κ1) is 15.7. The van der Waals surface area contributed by atoms with E-state index in [9.17, 15) is 18.0 Å². The van der Waals surface area contributed by atoms with Gasteiger partial charge in [-0.3, -0.25) is 15.2 Å². The van der Waals surface area contributed by atoms with Gasteiger partial charge in [-0.05, 0) is 0 Å². The molecule has 2 rings (SSSR count). The lowest BCUT2D eigenvalue weighted by atomic mass is 10.3. The molecule has 1 atom stereocenters. The quantitative estimate of drug-likeness (QED) is 0.724. The normalized spacial score (nSPS) is 19.6. The van der Waals surface area contributed by atoms with E-state index in [-0.39, 0.29) is 12.4 Å². The van der Waals surface area contributed by atoms with Crippen LogP contribution in [-0.2, 0) is 15.7 Å². The minimum atomic E-state index is -4.63. The van der Waals surface area contributed by atoms with E-state index in [1.807, 2.05) is 0 Å². The number of ether oxygens (including phenoxy) is 1. The number of nitrogens with zero attached hydrogens (tertiary/aromatic N) is 2. The number of halogens is 4. The summed E-state index contributed by atoms with van der Waals surface area (Å²) in [5.74, 6) is -2.28. The third-order valence-corrected chi connectivity index (χ3v) is 2.21. The highest BCUT2D eigenvalue weighted by Gasteiger charge is 2.35. The second-order valence-corrected chi connectivity index (χ2v) is 3.56. The molecule has 0 aliphatic carbocycles. The number of alkyl halides is 3. The minimum absolute atomic E-state index is 0. The number of H-pyrrole nitrogens is 1. The SMILES string of the molecule is Cl.O=C(Nc1n[nH]c(C(F)(F)F)n1)C1CNCCO1. The number of hydrogen-bond acceptors (Lipinski definition) is 5. The molecule has 1 unspecified atom stereocenters. The molecule has 1 aliphatic rings. The third kappa shape index (κ3) is 4.04. The zero-order chi connectivity index (χ0) is 13.2. The largest absolute Gasteiger partial charge is 0.451 e. The Morgan fingerprint density at radius 1 is 1.47 bits per heavy atom. The van der Waals surface area contributed by atoms with Crippen molar-refractivity contribution < 1.29 is 22.7 Å². The number of morpholine rings is 1. The van der Waals surface area contributed by atoms with Crippen molar-refractivity contribution in [2.45, 2.75) is 12.3 Å². The lowest BCUT2D eigenvalue weighted by Gasteiger charge is -2.21. The Balaban J connectivity index is 0.00000180. The van der Waals surface area contributed by atoms with Gasteiger partial charge in [-0.2, -0.15) is 18.2 Å². The third-order valence-electron chi connectivity index (χ3n) is 2.21. The number of amides is 1. The van der Waals surface area contributed by atoms with E-state index in [0.29, 0.717) is 19.7 Å². The van der Waals surface area contributed by atoms with Crippen LogP contribution < -0.4 is 10.6 Å². The summed E-state index contributed by atoms with van der Waals surface area (Å²) < 4.78 is 41.8. The van der Waals surface area contributed by atoms with Crippen LogP contribution in [0.3, 0.4) is 0 Å². The Kier molecular flexibility index (Phi) is 5.09. The van der Waals surface area contributed by atoms with E-state index >= 15 is 0 Å². The van der Waals surface area contributed by atoms with E-state index in [1.165, 1.54) is 0 Å². The summed E-state index contributed by atoms with van der Waals surface area (Å²) in [5.41, 5.74) is 0. The van der Waals surface area contributed by atoms with Crippen molar-refractivity contribution >= 4 is 24.3 Å². The average Bonchev–Trinajstić information content (AvgIpc) is 2.78. The maximum atomic E-state index is 12.2. The molecular weight excluding hydrogens is 291 g/mol. The maximum absolute atomic E-state index is 12.2. The molecule has 0 aromatic carbocycles. The zero-order valence-electron chi connectivity index (χ0n) is 9.45. The molecule has 19 heavy (non-hydrogen) atoms. The van der Waals surface area contributed by atoms with Crippen LogP contribution in [0.2, 0.25) is 0 Å². The van der Waals surface area contributed by atoms with E-state index in [4.69, 9.17) is 4.74 Å². The Morgan fingerprint density at radius 2 is 2.21 bits per heavy atom. The highest BCUT2D eigenvalue weighted by Crippen LogP contribution is 2.26. The topological polar surface area (TPSA) is 91.9 Å². The van der Waals surface area contributed by atoms with Crippen molar-refractivity contribution in [2.24, 2.45) is 0 Å². The molecule has 1 aliphatic heterocycles. The van der Waals surface area contributed by atoms with E-state index in [2.05, 4.69) is 20.7 Å². The number of aromatic amines is 1. The van der Waals surface area contributed by atoms with Gasteiger partial charge < -0.3 is 10.1 Å². The van der Waals surface area contributed by atoms with Crippen LogP contribution in [0.5, 0.6) is 0 Å². The predicted molar refractivity (Wildman–Crippen MR) is 59.9 cm³/mol. The van der Waals surface area contributed by atoms with Gasteiger partial charge in [-0.15, -0.1) is 17.5 Å². The molecule has 0 radical (unpaired) electrons. The van der Waals surface area contributed by atoms with Gasteiger partial charge in [0.25, 0.3) is 5.91 Å². The van der Waals surface area contributed by atoms with Crippen molar-refractivity contribution in [3.8, 4) is 0 Å². The van der Waals surface area contributed by atoms with Crippen LogP contribution in [0.15, 0.2) is 0 Å². The maximum Gasteiger partial charge on any atom is 0.451 e. The Bertz CT molecular complexity index is 432. The van der Waals surface area contributed by atoms with Gasteiger partial charge in [0.1, 0.15) is 6.10 Å². The van der Waals surface area contributed by atoms with Gasteiger partial charge in [0, 0.05) is 13.1 Å². The molecule has 0 saturated carbocycles. The highest BCUT2D eigenvalue weighted by atomic mass is 35.5. The van der Waals surface area contributed by atoms with Crippen LogP contribution in [0, 0.1) is 0 Å². The molecule has 11 heteroatoms. The van der Waals surface area contributed by atoms with Crippen molar-refractivity contribution in [2.75, 3.05) is 25.0 Å². The number of hydrogen-bond donors (Lipinski definition) is 3. The molecule has 7 nitrogen and oxygen atoms in total. The molecule has 1 fully saturated rings. The molecular formula is C8H11ClF3N5O2. The summed E-state index contributed by atoms with van der Waals surface area (Å²) in [6.45, 7) is 1.28. The average molecular weight is 302 g/mol. The molecule has 0 bridgehead atoms. The first-order valence-electron chi connectivity index (χ1n) is 5.09. The minimum Gasteiger partial charge on any atom is -0.366 e. The Labute approximate surface area is 111 Å². The molecule has 2 heterocycles. The number of aromatic nitrogens is 3. The second kappa shape index (κ2) is 6.17. The zero-order valence-corrected chi connectivity index (χ0v) is 10.3. The van der Waals surface area contributed by atoms with Gasteiger partial charge in [-0.1, -0.05) is 0 Å². The monoisotopic (exact) mass is 301 g/mol. The molecule has 108 valence electrons. The number of rotatable bonds is 2. The summed E-state index contributed by atoms with van der Waals surface area (Å²) in [4.78, 5) is 14.7. The first-order valence-corrected chi connectivity index (χ1v) is 5.09. The standard InChI is InChI=1S/C8H10F3N5O2.ClH/c9-8(10,11)6-14-7(16-15-6)13-5(17)4-3-12-1-2-18-4;/h4,12H,1-3H2,(H2,13,14,15,16,17);1H. The summed E-state index contributed by atoms with van der Waals surface area (Å²) in [6.07, 6.45) is -5.38. The van der Waals surface area contributed by atoms with Crippen molar-refractivity contribution in [3.63, 3.8) is 0 Å². The molecule has 1 saturated heterocycles. The number of carbonyl (C=O) groups excluding carboxylic acids is 1. The van der Waals surface area contributed by atoms with Crippen molar-refractivity contribution in [1.82, 2.24) is 20.5 Å². The highest BCUT2D eigenvalue weighted by molar-refractivity contribution is 5.92.